The van der Waals surface area contributed by atoms with Gasteiger partial charge in [-0.1, -0.05) is 12.8 Å². The topological polar surface area (TPSA) is 41.5 Å². The molecule has 1 aliphatic carbocycles. The highest BCUT2D eigenvalue weighted by Crippen LogP contribution is 2.19. The van der Waals surface area contributed by atoms with Crippen molar-refractivity contribution in [3.8, 4) is 0 Å². The molecule has 0 aromatic rings. The average Bonchev–Trinajstić information content (AvgIpc) is 2.33. The van der Waals surface area contributed by atoms with E-state index < -0.39 is 0 Å². The third-order valence-corrected chi connectivity index (χ3v) is 3.88. The number of nitrogens with one attached hydrogen (secondary N) is 1. The summed E-state index contributed by atoms with van der Waals surface area (Å²) in [6.45, 7) is 1.93. The minimum absolute atomic E-state index is 0.124. The highest BCUT2D eigenvalue weighted by molar-refractivity contribution is 4.80. The van der Waals surface area contributed by atoms with E-state index in [9.17, 15) is 5.11 Å². The highest BCUT2D eigenvalue weighted by atomic mass is 16.5. The summed E-state index contributed by atoms with van der Waals surface area (Å²) >= 11 is 0. The Morgan fingerprint density at radius 1 is 1.06 bits per heavy atom. The first-order valence-corrected chi connectivity index (χ1v) is 6.89. The molecule has 0 amide bonds. The molecule has 1 heterocycles. The smallest absolute Gasteiger partial charge is 0.0693 e. The molecule has 2 N–H and O–H groups in total. The van der Waals surface area contributed by atoms with E-state index >= 15 is 0 Å². The predicted octanol–water partition coefficient (Wildman–Crippen LogP) is 1.84. The van der Waals surface area contributed by atoms with Crippen LogP contribution in [0, 0.1) is 0 Å². The first-order valence-electron chi connectivity index (χ1n) is 6.89. The van der Waals surface area contributed by atoms with Crippen molar-refractivity contribution in [3.05, 3.63) is 0 Å². The molecule has 3 nitrogen and oxygen atoms in total. The van der Waals surface area contributed by atoms with Crippen molar-refractivity contribution in [2.45, 2.75) is 69.6 Å². The molecule has 2 aliphatic rings. The summed E-state index contributed by atoms with van der Waals surface area (Å²) in [6.07, 6.45) is 9.74. The number of rotatable bonds is 4. The molecule has 3 atom stereocenters. The molecule has 3 heteroatoms. The van der Waals surface area contributed by atoms with Crippen LogP contribution in [0.15, 0.2) is 0 Å². The number of ether oxygens (including phenoxy) is 1. The van der Waals surface area contributed by atoms with Crippen LogP contribution >= 0.6 is 0 Å². The molecule has 94 valence electrons. The van der Waals surface area contributed by atoms with Gasteiger partial charge in [0.1, 0.15) is 0 Å². The molecule has 16 heavy (non-hydrogen) atoms. The van der Waals surface area contributed by atoms with Crippen LogP contribution in [0.5, 0.6) is 0 Å². The fourth-order valence-corrected chi connectivity index (χ4v) is 2.81. The van der Waals surface area contributed by atoms with Gasteiger partial charge < -0.3 is 15.2 Å². The van der Waals surface area contributed by atoms with Gasteiger partial charge in [0, 0.05) is 12.6 Å². The maximum Gasteiger partial charge on any atom is 0.0693 e. The summed E-state index contributed by atoms with van der Waals surface area (Å²) in [6, 6.07) is 0.331. The van der Waals surface area contributed by atoms with Crippen LogP contribution in [0.1, 0.15) is 51.4 Å². The zero-order valence-corrected chi connectivity index (χ0v) is 10.2. The predicted molar refractivity (Wildman–Crippen MR) is 64.5 cm³/mol. The second kappa shape index (κ2) is 6.58. The van der Waals surface area contributed by atoms with Crippen LogP contribution in [-0.4, -0.2) is 36.5 Å². The van der Waals surface area contributed by atoms with Crippen LogP contribution in [0.2, 0.25) is 0 Å². The van der Waals surface area contributed by atoms with Gasteiger partial charge in [0.2, 0.25) is 0 Å². The second-order valence-corrected chi connectivity index (χ2v) is 5.19. The van der Waals surface area contributed by atoms with Gasteiger partial charge in [0.25, 0.3) is 0 Å². The Labute approximate surface area is 98.6 Å². The van der Waals surface area contributed by atoms with Gasteiger partial charge >= 0.3 is 0 Å². The molecule has 3 unspecified atom stereocenters. The van der Waals surface area contributed by atoms with Gasteiger partial charge in [-0.05, 0) is 45.1 Å². The Bertz CT molecular complexity index is 192. The van der Waals surface area contributed by atoms with Gasteiger partial charge in [-0.15, -0.1) is 0 Å². The standard InChI is InChI=1S/C13H25NO2/c15-13-7-2-1-6-12(13)14-9-8-11-5-3-4-10-16-11/h11-15H,1-10H2. The summed E-state index contributed by atoms with van der Waals surface area (Å²) in [4.78, 5) is 0. The van der Waals surface area contributed by atoms with E-state index in [1.165, 1.54) is 32.1 Å². The van der Waals surface area contributed by atoms with Gasteiger partial charge in [-0.2, -0.15) is 0 Å². The lowest BCUT2D eigenvalue weighted by molar-refractivity contribution is 0.00933. The van der Waals surface area contributed by atoms with Crippen molar-refractivity contribution < 1.29 is 9.84 Å². The number of hydrogen-bond acceptors (Lipinski definition) is 3. The number of hydrogen-bond donors (Lipinski definition) is 2. The van der Waals surface area contributed by atoms with Crippen molar-refractivity contribution in [1.29, 1.82) is 0 Å². The molecule has 2 fully saturated rings. The lowest BCUT2D eigenvalue weighted by Gasteiger charge is -2.29. The molecule has 0 aromatic carbocycles. The van der Waals surface area contributed by atoms with E-state index in [4.69, 9.17) is 4.74 Å². The highest BCUT2D eigenvalue weighted by Gasteiger charge is 2.22. The lowest BCUT2D eigenvalue weighted by Crippen LogP contribution is -2.43. The molecule has 2 rings (SSSR count). The van der Waals surface area contributed by atoms with Crippen molar-refractivity contribution in [1.82, 2.24) is 5.32 Å². The van der Waals surface area contributed by atoms with Crippen LogP contribution in [0.25, 0.3) is 0 Å². The number of aliphatic hydroxyl groups excluding tert-OH is 1. The monoisotopic (exact) mass is 227 g/mol. The summed E-state index contributed by atoms with van der Waals surface area (Å²) in [5.74, 6) is 0. The van der Waals surface area contributed by atoms with Crippen molar-refractivity contribution in [3.63, 3.8) is 0 Å². The van der Waals surface area contributed by atoms with E-state index in [0.29, 0.717) is 12.1 Å². The zero-order valence-electron chi connectivity index (χ0n) is 10.2. The summed E-state index contributed by atoms with van der Waals surface area (Å²) in [5, 5.41) is 13.3. The molecule has 0 spiro atoms. The lowest BCUT2D eigenvalue weighted by atomic mass is 9.92. The van der Waals surface area contributed by atoms with Crippen molar-refractivity contribution in [2.75, 3.05) is 13.2 Å². The minimum atomic E-state index is -0.124. The summed E-state index contributed by atoms with van der Waals surface area (Å²) < 4.78 is 5.69. The molecular formula is C13H25NO2. The molecule has 0 radical (unpaired) electrons. The van der Waals surface area contributed by atoms with Crippen LogP contribution in [0.3, 0.4) is 0 Å². The number of aliphatic hydroxyl groups is 1. The van der Waals surface area contributed by atoms with Gasteiger partial charge in [-0.3, -0.25) is 0 Å². The molecular weight excluding hydrogens is 202 g/mol. The Hall–Kier alpha value is -0.120. The third kappa shape index (κ3) is 3.72. The Kier molecular flexibility index (Phi) is 5.07. The molecule has 1 saturated heterocycles. The van der Waals surface area contributed by atoms with Crippen molar-refractivity contribution in [2.24, 2.45) is 0 Å². The van der Waals surface area contributed by atoms with Gasteiger partial charge in [0.15, 0.2) is 0 Å². The molecule has 0 aromatic heterocycles. The van der Waals surface area contributed by atoms with Crippen LogP contribution in [0.4, 0.5) is 0 Å². The zero-order chi connectivity index (χ0) is 11.2. The van der Waals surface area contributed by atoms with E-state index in [1.807, 2.05) is 0 Å². The molecule has 1 saturated carbocycles. The maximum atomic E-state index is 9.81. The largest absolute Gasteiger partial charge is 0.392 e. The third-order valence-electron chi connectivity index (χ3n) is 3.88. The summed E-state index contributed by atoms with van der Waals surface area (Å²) in [5.41, 5.74) is 0. The van der Waals surface area contributed by atoms with Crippen LogP contribution in [-0.2, 0) is 4.74 Å². The van der Waals surface area contributed by atoms with E-state index in [-0.39, 0.29) is 6.10 Å². The van der Waals surface area contributed by atoms with E-state index in [2.05, 4.69) is 5.32 Å². The maximum absolute atomic E-state index is 9.81. The van der Waals surface area contributed by atoms with Gasteiger partial charge in [-0.25, -0.2) is 0 Å². The fourth-order valence-electron chi connectivity index (χ4n) is 2.81. The minimum Gasteiger partial charge on any atom is -0.392 e. The first kappa shape index (κ1) is 12.3. The Morgan fingerprint density at radius 2 is 1.88 bits per heavy atom. The fraction of sp³-hybridized carbons (Fsp3) is 1.00. The Balaban J connectivity index is 1.59. The Morgan fingerprint density at radius 3 is 2.62 bits per heavy atom. The normalized spacial score (nSPS) is 36.2. The van der Waals surface area contributed by atoms with E-state index in [0.717, 1.165) is 32.4 Å². The van der Waals surface area contributed by atoms with Gasteiger partial charge in [0.05, 0.1) is 12.2 Å². The average molecular weight is 227 g/mol. The van der Waals surface area contributed by atoms with E-state index in [1.54, 1.807) is 0 Å². The first-order chi connectivity index (χ1) is 7.86. The molecule has 0 bridgehead atoms. The molecule has 1 aliphatic heterocycles. The second-order valence-electron chi connectivity index (χ2n) is 5.19. The summed E-state index contributed by atoms with van der Waals surface area (Å²) in [7, 11) is 0. The van der Waals surface area contributed by atoms with Crippen molar-refractivity contribution >= 4 is 0 Å². The van der Waals surface area contributed by atoms with Crippen LogP contribution < -0.4 is 5.32 Å². The quantitative estimate of drug-likeness (QED) is 0.770. The SMILES string of the molecule is OC1CCCCC1NCCC1CCCCO1.